The fourth-order valence-corrected chi connectivity index (χ4v) is 5.67. The van der Waals surface area contributed by atoms with E-state index in [9.17, 15) is 9.59 Å². The van der Waals surface area contributed by atoms with Gasteiger partial charge in [-0.2, -0.15) is 0 Å². The number of carbonyl (C=O) groups is 2. The Balaban J connectivity index is 1.40. The third-order valence-electron chi connectivity index (χ3n) is 7.40. The van der Waals surface area contributed by atoms with Crippen LogP contribution in [0.25, 0.3) is 0 Å². The number of rotatable bonds is 9. The molecule has 8 heteroatoms. The van der Waals surface area contributed by atoms with Crippen molar-refractivity contribution in [3.8, 4) is 11.5 Å². The first kappa shape index (κ1) is 23.8. The van der Waals surface area contributed by atoms with E-state index < -0.39 is 5.54 Å². The Kier molecular flexibility index (Phi) is 7.44. The minimum absolute atomic E-state index is 0.0274. The molecule has 3 fully saturated rings. The summed E-state index contributed by atoms with van der Waals surface area (Å²) in [6.07, 6.45) is 5.17. The number of ether oxygens (including phenoxy) is 3. The van der Waals surface area contributed by atoms with E-state index in [0.717, 1.165) is 63.2 Å². The highest BCUT2D eigenvalue weighted by Crippen LogP contribution is 2.38. The lowest BCUT2D eigenvalue weighted by Crippen LogP contribution is -2.56. The van der Waals surface area contributed by atoms with Crippen LogP contribution in [0.4, 0.5) is 4.79 Å². The number of amides is 3. The normalized spacial score (nSPS) is 26.6. The first-order valence-electron chi connectivity index (χ1n) is 12.2. The fraction of sp³-hybridized carbons (Fsp3) is 0.680. The lowest BCUT2D eigenvalue weighted by Gasteiger charge is -2.41. The van der Waals surface area contributed by atoms with Crippen LogP contribution in [0.5, 0.6) is 11.5 Å². The smallest absolute Gasteiger partial charge is 0.325 e. The Morgan fingerprint density at radius 1 is 1.12 bits per heavy atom. The molecule has 3 saturated heterocycles. The van der Waals surface area contributed by atoms with Gasteiger partial charge in [0.1, 0.15) is 5.54 Å². The molecule has 3 amide bonds. The SMILES string of the molecule is CCC[C@]1(C2CCN(Cc3ccc(OC)c(OC)c3)CC2)NC(=O)N(C[C@@H]2CCCO2)C1=O. The molecule has 33 heavy (non-hydrogen) atoms. The zero-order valence-electron chi connectivity index (χ0n) is 20.1. The molecule has 1 aromatic carbocycles. The van der Waals surface area contributed by atoms with Crippen LogP contribution < -0.4 is 14.8 Å². The molecule has 0 unspecified atom stereocenters. The van der Waals surface area contributed by atoms with Crippen molar-refractivity contribution in [2.75, 3.05) is 40.5 Å². The molecule has 0 radical (unpaired) electrons. The summed E-state index contributed by atoms with van der Waals surface area (Å²) >= 11 is 0. The number of carbonyl (C=O) groups excluding carboxylic acids is 2. The molecule has 0 bridgehead atoms. The maximum atomic E-state index is 13.6. The van der Waals surface area contributed by atoms with E-state index in [-0.39, 0.29) is 24.0 Å². The summed E-state index contributed by atoms with van der Waals surface area (Å²) in [7, 11) is 3.29. The fourth-order valence-electron chi connectivity index (χ4n) is 5.67. The van der Waals surface area contributed by atoms with E-state index in [1.165, 1.54) is 10.5 Å². The number of likely N-dealkylation sites (tertiary alicyclic amines) is 1. The molecule has 3 heterocycles. The van der Waals surface area contributed by atoms with Crippen LogP contribution in [0.1, 0.15) is 51.0 Å². The lowest BCUT2D eigenvalue weighted by molar-refractivity contribution is -0.135. The number of methoxy groups -OCH3 is 2. The van der Waals surface area contributed by atoms with Crippen molar-refractivity contribution in [1.29, 1.82) is 0 Å². The quantitative estimate of drug-likeness (QED) is 0.572. The van der Waals surface area contributed by atoms with Gasteiger partial charge in [-0.25, -0.2) is 4.79 Å². The first-order chi connectivity index (χ1) is 16.0. The molecule has 3 aliphatic heterocycles. The minimum atomic E-state index is -0.778. The third kappa shape index (κ3) is 4.82. The summed E-state index contributed by atoms with van der Waals surface area (Å²) < 4.78 is 16.5. The molecule has 0 aromatic heterocycles. The number of nitrogens with one attached hydrogen (secondary N) is 1. The zero-order valence-corrected chi connectivity index (χ0v) is 20.1. The summed E-state index contributed by atoms with van der Waals surface area (Å²) in [6, 6.07) is 5.77. The van der Waals surface area contributed by atoms with Crippen LogP contribution in [0.2, 0.25) is 0 Å². The monoisotopic (exact) mass is 459 g/mol. The second-order valence-electron chi connectivity index (χ2n) is 9.44. The van der Waals surface area contributed by atoms with Gasteiger partial charge in [-0.1, -0.05) is 19.4 Å². The van der Waals surface area contributed by atoms with Crippen LogP contribution in [0, 0.1) is 5.92 Å². The van der Waals surface area contributed by atoms with E-state index in [0.29, 0.717) is 19.6 Å². The van der Waals surface area contributed by atoms with Gasteiger partial charge in [-0.05, 0) is 68.8 Å². The van der Waals surface area contributed by atoms with Gasteiger partial charge >= 0.3 is 6.03 Å². The number of nitrogens with zero attached hydrogens (tertiary/aromatic N) is 2. The van der Waals surface area contributed by atoms with Gasteiger partial charge in [0.15, 0.2) is 11.5 Å². The number of benzene rings is 1. The molecule has 0 saturated carbocycles. The van der Waals surface area contributed by atoms with Crippen molar-refractivity contribution in [2.24, 2.45) is 5.92 Å². The second-order valence-corrected chi connectivity index (χ2v) is 9.44. The van der Waals surface area contributed by atoms with Gasteiger partial charge < -0.3 is 19.5 Å². The van der Waals surface area contributed by atoms with Crippen LogP contribution >= 0.6 is 0 Å². The molecule has 2 atom stereocenters. The van der Waals surface area contributed by atoms with Crippen molar-refractivity contribution >= 4 is 11.9 Å². The van der Waals surface area contributed by atoms with E-state index in [1.807, 2.05) is 12.1 Å². The molecule has 1 aromatic rings. The van der Waals surface area contributed by atoms with E-state index in [1.54, 1.807) is 14.2 Å². The number of hydrogen-bond donors (Lipinski definition) is 1. The molecule has 182 valence electrons. The Bertz CT molecular complexity index is 848. The van der Waals surface area contributed by atoms with Crippen molar-refractivity contribution in [3.05, 3.63) is 23.8 Å². The lowest BCUT2D eigenvalue weighted by atomic mass is 9.74. The third-order valence-corrected chi connectivity index (χ3v) is 7.40. The van der Waals surface area contributed by atoms with Crippen molar-refractivity contribution in [2.45, 2.75) is 63.6 Å². The van der Waals surface area contributed by atoms with Crippen molar-refractivity contribution in [3.63, 3.8) is 0 Å². The summed E-state index contributed by atoms with van der Waals surface area (Å²) in [4.78, 5) is 30.2. The Hall–Kier alpha value is -2.32. The summed E-state index contributed by atoms with van der Waals surface area (Å²) in [5.41, 5.74) is 0.391. The number of imide groups is 1. The van der Waals surface area contributed by atoms with Gasteiger partial charge in [0, 0.05) is 13.2 Å². The van der Waals surface area contributed by atoms with Crippen LogP contribution in [-0.2, 0) is 16.1 Å². The van der Waals surface area contributed by atoms with E-state index in [2.05, 4.69) is 23.2 Å². The molecular weight excluding hydrogens is 422 g/mol. The average Bonchev–Trinajstić information content (AvgIpc) is 3.43. The van der Waals surface area contributed by atoms with Crippen molar-refractivity contribution < 1.29 is 23.8 Å². The highest BCUT2D eigenvalue weighted by molar-refractivity contribution is 6.07. The van der Waals surface area contributed by atoms with Gasteiger partial charge in [-0.3, -0.25) is 14.6 Å². The number of hydrogen-bond acceptors (Lipinski definition) is 6. The zero-order chi connectivity index (χ0) is 23.4. The maximum Gasteiger partial charge on any atom is 0.325 e. The first-order valence-corrected chi connectivity index (χ1v) is 12.2. The predicted molar refractivity (Wildman–Crippen MR) is 124 cm³/mol. The molecule has 0 spiro atoms. The Labute approximate surface area is 196 Å². The minimum Gasteiger partial charge on any atom is -0.493 e. The molecule has 0 aliphatic carbocycles. The van der Waals surface area contributed by atoms with Gasteiger partial charge in [0.05, 0.1) is 26.9 Å². The molecular formula is C25H37N3O5. The summed E-state index contributed by atoms with van der Waals surface area (Å²) in [5, 5.41) is 3.14. The maximum absolute atomic E-state index is 13.6. The summed E-state index contributed by atoms with van der Waals surface area (Å²) in [5.74, 6) is 1.55. The molecule has 8 nitrogen and oxygen atoms in total. The highest BCUT2D eigenvalue weighted by Gasteiger charge is 2.55. The topological polar surface area (TPSA) is 80.3 Å². The molecule has 4 rings (SSSR count). The number of piperidine rings is 1. The standard InChI is InChI=1S/C25H37N3O5/c1-4-11-25(23(29)28(24(30)26-25)17-20-6-5-14-33-20)19-9-12-27(13-10-19)16-18-7-8-21(31-2)22(15-18)32-3/h7-8,15,19-20H,4-6,9-14,16-17H2,1-3H3,(H,26,30)/t20-,25+/m0/s1. The summed E-state index contributed by atoms with van der Waals surface area (Å²) in [6.45, 7) is 5.76. The Morgan fingerprint density at radius 2 is 1.88 bits per heavy atom. The van der Waals surface area contributed by atoms with Gasteiger partial charge in [0.25, 0.3) is 5.91 Å². The van der Waals surface area contributed by atoms with Crippen LogP contribution in [-0.4, -0.2) is 73.8 Å². The average molecular weight is 460 g/mol. The number of urea groups is 1. The van der Waals surface area contributed by atoms with Crippen LogP contribution in [0.3, 0.4) is 0 Å². The van der Waals surface area contributed by atoms with E-state index >= 15 is 0 Å². The predicted octanol–water partition coefficient (Wildman–Crippen LogP) is 3.19. The van der Waals surface area contributed by atoms with Gasteiger partial charge in [0.2, 0.25) is 0 Å². The van der Waals surface area contributed by atoms with E-state index in [4.69, 9.17) is 14.2 Å². The highest BCUT2D eigenvalue weighted by atomic mass is 16.5. The molecule has 3 aliphatic rings. The second kappa shape index (κ2) is 10.3. The molecule has 1 N–H and O–H groups in total. The largest absolute Gasteiger partial charge is 0.493 e. The van der Waals surface area contributed by atoms with Crippen LogP contribution in [0.15, 0.2) is 18.2 Å². The Morgan fingerprint density at radius 3 is 2.52 bits per heavy atom. The van der Waals surface area contributed by atoms with Gasteiger partial charge in [-0.15, -0.1) is 0 Å². The van der Waals surface area contributed by atoms with Crippen molar-refractivity contribution in [1.82, 2.24) is 15.1 Å².